The summed E-state index contributed by atoms with van der Waals surface area (Å²) in [7, 11) is -3.82. The smallest absolute Gasteiger partial charge is 0.244 e. The molecule has 9 nitrogen and oxygen atoms in total. The molecule has 2 aromatic rings. The summed E-state index contributed by atoms with van der Waals surface area (Å²) < 4.78 is 37.0. The molecule has 0 aliphatic carbocycles. The van der Waals surface area contributed by atoms with Gasteiger partial charge in [-0.25, -0.2) is 8.42 Å². The molecular formula is C25H33N3O6S. The van der Waals surface area contributed by atoms with Crippen LogP contribution in [-0.2, 0) is 26.2 Å². The summed E-state index contributed by atoms with van der Waals surface area (Å²) in [6, 6.07) is 11.5. The second-order valence-corrected chi connectivity index (χ2v) is 10.5. The first kappa shape index (κ1) is 26.3. The number of benzene rings is 2. The molecule has 0 saturated heterocycles. The average Bonchev–Trinajstić information content (AvgIpc) is 3.29. The Hall–Kier alpha value is -3.27. The maximum atomic E-state index is 13.5. The molecule has 0 aromatic heterocycles. The standard InChI is InChI=1S/C25H33N3O6S/c1-5-6-13-26-25(30)19(3)27(15-20-9-7-18(2)8-10-20)24(29)16-28(35(4,31)32)21-11-12-22-23(14-21)34-17-33-22/h7-12,14,19H,5-6,13,15-17H2,1-4H3,(H,26,30). The van der Waals surface area contributed by atoms with Crippen molar-refractivity contribution in [2.45, 2.75) is 46.2 Å². The lowest BCUT2D eigenvalue weighted by Gasteiger charge is -2.31. The molecule has 0 fully saturated rings. The van der Waals surface area contributed by atoms with Gasteiger partial charge in [0.15, 0.2) is 11.5 Å². The fourth-order valence-electron chi connectivity index (χ4n) is 3.66. The molecule has 1 unspecified atom stereocenters. The van der Waals surface area contributed by atoms with Crippen LogP contribution in [0.1, 0.15) is 37.8 Å². The number of unbranched alkanes of at least 4 members (excludes halogenated alkanes) is 1. The number of carbonyl (C=O) groups excluding carboxylic acids is 2. The first-order chi connectivity index (χ1) is 16.6. The van der Waals surface area contributed by atoms with Gasteiger partial charge >= 0.3 is 0 Å². The summed E-state index contributed by atoms with van der Waals surface area (Å²) >= 11 is 0. The van der Waals surface area contributed by atoms with Gasteiger partial charge in [0.25, 0.3) is 0 Å². The largest absolute Gasteiger partial charge is 0.454 e. The summed E-state index contributed by atoms with van der Waals surface area (Å²) in [5.74, 6) is 0.135. The quantitative estimate of drug-likeness (QED) is 0.473. The van der Waals surface area contributed by atoms with Crippen molar-refractivity contribution >= 4 is 27.5 Å². The Labute approximate surface area is 207 Å². The van der Waals surface area contributed by atoms with Gasteiger partial charge in [-0.2, -0.15) is 0 Å². The van der Waals surface area contributed by atoms with Gasteiger partial charge in [-0.15, -0.1) is 0 Å². The lowest BCUT2D eigenvalue weighted by molar-refractivity contribution is -0.139. The van der Waals surface area contributed by atoms with E-state index in [4.69, 9.17) is 9.47 Å². The Balaban J connectivity index is 1.87. The molecule has 1 N–H and O–H groups in total. The van der Waals surface area contributed by atoms with E-state index in [0.29, 0.717) is 18.0 Å². The molecule has 190 valence electrons. The van der Waals surface area contributed by atoms with Crippen molar-refractivity contribution in [3.8, 4) is 11.5 Å². The second-order valence-electron chi connectivity index (χ2n) is 8.63. The molecule has 0 bridgehead atoms. The van der Waals surface area contributed by atoms with Gasteiger partial charge in [0.1, 0.15) is 12.6 Å². The maximum Gasteiger partial charge on any atom is 0.244 e. The Kier molecular flexibility index (Phi) is 8.61. The monoisotopic (exact) mass is 503 g/mol. The van der Waals surface area contributed by atoms with Crippen LogP contribution in [-0.4, -0.2) is 57.3 Å². The molecule has 1 heterocycles. The molecule has 1 atom stereocenters. The number of hydrogen-bond donors (Lipinski definition) is 1. The fourth-order valence-corrected chi connectivity index (χ4v) is 4.50. The zero-order valence-electron chi connectivity index (χ0n) is 20.6. The van der Waals surface area contributed by atoms with E-state index in [1.807, 2.05) is 38.1 Å². The highest BCUT2D eigenvalue weighted by atomic mass is 32.2. The van der Waals surface area contributed by atoms with Crippen molar-refractivity contribution in [1.29, 1.82) is 0 Å². The van der Waals surface area contributed by atoms with Gasteiger partial charge in [-0.05, 0) is 38.0 Å². The van der Waals surface area contributed by atoms with Gasteiger partial charge in [-0.1, -0.05) is 43.2 Å². The van der Waals surface area contributed by atoms with Crippen LogP contribution in [0.3, 0.4) is 0 Å². The van der Waals surface area contributed by atoms with E-state index in [-0.39, 0.29) is 24.9 Å². The van der Waals surface area contributed by atoms with Crippen molar-refractivity contribution in [2.24, 2.45) is 0 Å². The van der Waals surface area contributed by atoms with E-state index in [1.54, 1.807) is 19.1 Å². The minimum Gasteiger partial charge on any atom is -0.454 e. The molecule has 1 aliphatic rings. The molecule has 0 radical (unpaired) electrons. The SMILES string of the molecule is CCCCNC(=O)C(C)N(Cc1ccc(C)cc1)C(=O)CN(c1ccc2c(c1)OCO2)S(C)(=O)=O. The molecule has 2 aromatic carbocycles. The van der Waals surface area contributed by atoms with Crippen LogP contribution in [0.2, 0.25) is 0 Å². The van der Waals surface area contributed by atoms with Crippen LogP contribution in [0.5, 0.6) is 11.5 Å². The molecule has 3 rings (SSSR count). The van der Waals surface area contributed by atoms with Crippen molar-refractivity contribution in [3.63, 3.8) is 0 Å². The van der Waals surface area contributed by atoms with Crippen molar-refractivity contribution in [3.05, 3.63) is 53.6 Å². The Bertz CT molecular complexity index is 1150. The number of aryl methyl sites for hydroxylation is 1. The van der Waals surface area contributed by atoms with Gasteiger partial charge in [0, 0.05) is 19.2 Å². The number of sulfonamides is 1. The molecule has 2 amide bonds. The first-order valence-electron chi connectivity index (χ1n) is 11.6. The van der Waals surface area contributed by atoms with Crippen molar-refractivity contribution in [1.82, 2.24) is 10.2 Å². The molecule has 1 aliphatic heterocycles. The highest BCUT2D eigenvalue weighted by molar-refractivity contribution is 7.92. The van der Waals surface area contributed by atoms with Crippen molar-refractivity contribution < 1.29 is 27.5 Å². The van der Waals surface area contributed by atoms with Gasteiger partial charge < -0.3 is 19.7 Å². The number of carbonyl (C=O) groups is 2. The van der Waals surface area contributed by atoms with E-state index in [0.717, 1.165) is 34.5 Å². The number of fused-ring (bicyclic) bond motifs is 1. The number of nitrogens with one attached hydrogen (secondary N) is 1. The number of hydrogen-bond acceptors (Lipinski definition) is 6. The Morgan fingerprint density at radius 3 is 2.43 bits per heavy atom. The topological polar surface area (TPSA) is 105 Å². The van der Waals surface area contributed by atoms with Crippen molar-refractivity contribution in [2.75, 3.05) is 30.4 Å². The first-order valence-corrected chi connectivity index (χ1v) is 13.4. The zero-order valence-corrected chi connectivity index (χ0v) is 21.4. The molecule has 35 heavy (non-hydrogen) atoms. The fraction of sp³-hybridized carbons (Fsp3) is 0.440. The molecular weight excluding hydrogens is 470 g/mol. The van der Waals surface area contributed by atoms with E-state index in [9.17, 15) is 18.0 Å². The van der Waals surface area contributed by atoms with Gasteiger partial charge in [-0.3, -0.25) is 13.9 Å². The normalized spacial score (nSPS) is 13.3. The molecule has 10 heteroatoms. The van der Waals surface area contributed by atoms with Gasteiger partial charge in [0.2, 0.25) is 28.6 Å². The van der Waals surface area contributed by atoms with E-state index in [1.165, 1.54) is 11.0 Å². The second kappa shape index (κ2) is 11.4. The zero-order chi connectivity index (χ0) is 25.6. The summed E-state index contributed by atoms with van der Waals surface area (Å²) in [5, 5.41) is 2.86. The highest BCUT2D eigenvalue weighted by Gasteiger charge is 2.30. The highest BCUT2D eigenvalue weighted by Crippen LogP contribution is 2.36. The third-order valence-corrected chi connectivity index (χ3v) is 6.93. The third kappa shape index (κ3) is 6.88. The van der Waals surface area contributed by atoms with Crippen LogP contribution in [0, 0.1) is 6.92 Å². The minimum atomic E-state index is -3.82. The van der Waals surface area contributed by atoms with Gasteiger partial charge in [0.05, 0.1) is 11.9 Å². The lowest BCUT2D eigenvalue weighted by Crippen LogP contribution is -2.51. The van der Waals surface area contributed by atoms with Crippen LogP contribution >= 0.6 is 0 Å². The Morgan fingerprint density at radius 1 is 1.09 bits per heavy atom. The maximum absolute atomic E-state index is 13.5. The minimum absolute atomic E-state index is 0.0472. The summed E-state index contributed by atoms with van der Waals surface area (Å²) in [6.45, 7) is 5.91. The van der Waals surface area contributed by atoms with E-state index in [2.05, 4.69) is 5.32 Å². The lowest BCUT2D eigenvalue weighted by atomic mass is 10.1. The predicted octanol–water partition coefficient (Wildman–Crippen LogP) is 2.82. The van der Waals surface area contributed by atoms with Crippen LogP contribution in [0.4, 0.5) is 5.69 Å². The van der Waals surface area contributed by atoms with Crippen LogP contribution < -0.4 is 19.1 Å². The molecule has 0 saturated carbocycles. The predicted molar refractivity (Wildman–Crippen MR) is 134 cm³/mol. The summed E-state index contributed by atoms with van der Waals surface area (Å²) in [4.78, 5) is 27.8. The van der Waals surface area contributed by atoms with E-state index < -0.39 is 28.5 Å². The number of nitrogens with zero attached hydrogens (tertiary/aromatic N) is 2. The summed E-state index contributed by atoms with van der Waals surface area (Å²) in [6.07, 6.45) is 2.80. The number of anilines is 1. The van der Waals surface area contributed by atoms with E-state index >= 15 is 0 Å². The molecule has 0 spiro atoms. The van der Waals surface area contributed by atoms with Crippen LogP contribution in [0.15, 0.2) is 42.5 Å². The number of amides is 2. The van der Waals surface area contributed by atoms with Crippen LogP contribution in [0.25, 0.3) is 0 Å². The number of rotatable bonds is 11. The average molecular weight is 504 g/mol. The summed E-state index contributed by atoms with van der Waals surface area (Å²) in [5.41, 5.74) is 2.19. The third-order valence-electron chi connectivity index (χ3n) is 5.79. The number of ether oxygens (including phenoxy) is 2. The Morgan fingerprint density at radius 2 is 1.77 bits per heavy atom.